The Balaban J connectivity index is 1.58. The fraction of sp³-hybridized carbons (Fsp3) is 0.348. The van der Waals surface area contributed by atoms with Gasteiger partial charge in [-0.1, -0.05) is 6.07 Å². The van der Waals surface area contributed by atoms with Gasteiger partial charge in [0.05, 0.1) is 13.7 Å². The number of anilines is 1. The summed E-state index contributed by atoms with van der Waals surface area (Å²) in [5.41, 5.74) is 4.71. The Morgan fingerprint density at radius 1 is 1.17 bits per heavy atom. The molecule has 0 spiro atoms. The third-order valence-electron chi connectivity index (χ3n) is 5.26. The van der Waals surface area contributed by atoms with Gasteiger partial charge in [-0.15, -0.1) is 0 Å². The van der Waals surface area contributed by atoms with Crippen LogP contribution in [-0.2, 0) is 24.1 Å². The summed E-state index contributed by atoms with van der Waals surface area (Å²) < 4.78 is 5.31. The van der Waals surface area contributed by atoms with E-state index in [0.29, 0.717) is 23.7 Å². The number of ketones is 1. The number of aryl methyl sites for hydroxylation is 2. The fourth-order valence-electron chi connectivity index (χ4n) is 3.73. The molecular formula is C23H25N5O2. The van der Waals surface area contributed by atoms with E-state index in [1.807, 2.05) is 37.1 Å². The number of fused-ring (bicyclic) bond motifs is 1. The molecular weight excluding hydrogens is 378 g/mol. The maximum Gasteiger partial charge on any atom is 0.180 e. The maximum absolute atomic E-state index is 12.7. The minimum Gasteiger partial charge on any atom is -0.497 e. The largest absolute Gasteiger partial charge is 0.497 e. The summed E-state index contributed by atoms with van der Waals surface area (Å²) in [6, 6.07) is 7.50. The van der Waals surface area contributed by atoms with Crippen molar-refractivity contribution in [2.75, 3.05) is 25.6 Å². The summed E-state index contributed by atoms with van der Waals surface area (Å²) in [6.45, 7) is 2.21. The highest BCUT2D eigenvalue weighted by molar-refractivity contribution is 5.85. The van der Waals surface area contributed by atoms with E-state index in [9.17, 15) is 4.79 Å². The molecule has 0 unspecified atom stereocenters. The van der Waals surface area contributed by atoms with Gasteiger partial charge in [0.25, 0.3) is 0 Å². The van der Waals surface area contributed by atoms with Crippen LogP contribution in [0.1, 0.15) is 28.9 Å². The third-order valence-corrected chi connectivity index (χ3v) is 5.26. The molecule has 30 heavy (non-hydrogen) atoms. The van der Waals surface area contributed by atoms with Gasteiger partial charge >= 0.3 is 0 Å². The minimum absolute atomic E-state index is 0.120. The topological polar surface area (TPSA) is 81.1 Å². The molecule has 0 bridgehead atoms. The summed E-state index contributed by atoms with van der Waals surface area (Å²) in [6.07, 6.45) is 6.70. The molecule has 0 saturated carbocycles. The number of nitrogens with zero attached hydrogens (tertiary/aromatic N) is 5. The molecule has 7 nitrogen and oxygen atoms in total. The van der Waals surface area contributed by atoms with Crippen LogP contribution in [0, 0.1) is 6.92 Å². The molecule has 3 aromatic heterocycles. The van der Waals surface area contributed by atoms with Crippen LogP contribution in [0.5, 0.6) is 5.75 Å². The molecule has 3 aromatic rings. The molecule has 1 aliphatic rings. The zero-order chi connectivity index (χ0) is 21.1. The van der Waals surface area contributed by atoms with E-state index >= 15 is 0 Å². The Hall–Kier alpha value is -3.35. The van der Waals surface area contributed by atoms with E-state index in [4.69, 9.17) is 14.7 Å². The summed E-state index contributed by atoms with van der Waals surface area (Å²) in [7, 11) is 3.53. The molecule has 0 fully saturated rings. The number of hydrogen-bond donors (Lipinski definition) is 0. The molecule has 0 amide bonds. The smallest absolute Gasteiger partial charge is 0.180 e. The molecule has 0 aromatic carbocycles. The van der Waals surface area contributed by atoms with Crippen LogP contribution in [0.3, 0.4) is 0 Å². The molecule has 154 valence electrons. The zero-order valence-electron chi connectivity index (χ0n) is 17.6. The predicted molar refractivity (Wildman–Crippen MR) is 115 cm³/mol. The van der Waals surface area contributed by atoms with Crippen LogP contribution in [0.15, 0.2) is 36.7 Å². The van der Waals surface area contributed by atoms with E-state index in [-0.39, 0.29) is 12.3 Å². The second-order valence-electron chi connectivity index (χ2n) is 7.61. The van der Waals surface area contributed by atoms with Crippen LogP contribution < -0.4 is 9.64 Å². The van der Waals surface area contributed by atoms with Crippen molar-refractivity contribution in [2.45, 2.75) is 32.6 Å². The van der Waals surface area contributed by atoms with Crippen molar-refractivity contribution in [3.8, 4) is 17.3 Å². The summed E-state index contributed by atoms with van der Waals surface area (Å²) in [4.78, 5) is 32.8. The van der Waals surface area contributed by atoms with Crippen molar-refractivity contribution in [1.82, 2.24) is 19.9 Å². The molecule has 1 aliphatic carbocycles. The first kappa shape index (κ1) is 19.9. The highest BCUT2D eigenvalue weighted by Crippen LogP contribution is 2.31. The number of hydrogen-bond acceptors (Lipinski definition) is 7. The standard InChI is InChI=1S/C23H25N5O2/c1-15-7-8-16(13-25-15)11-17(29)14-28(2)23-19-5-4-6-20(19)26-22(27-23)21-12-18(30-3)9-10-24-21/h7-10,12-13H,4-6,11,14H2,1-3H3. The average molecular weight is 403 g/mol. The van der Waals surface area contributed by atoms with E-state index in [1.54, 1.807) is 25.6 Å². The number of rotatable bonds is 7. The Bertz CT molecular complexity index is 1070. The van der Waals surface area contributed by atoms with Crippen LogP contribution in [0.4, 0.5) is 5.82 Å². The quantitative estimate of drug-likeness (QED) is 0.600. The minimum atomic E-state index is 0.120. The molecule has 4 rings (SSSR count). The van der Waals surface area contributed by atoms with Crippen molar-refractivity contribution in [1.29, 1.82) is 0 Å². The SMILES string of the molecule is COc1ccnc(-c2nc3c(c(N(C)CC(=O)Cc4ccc(C)nc4)n2)CCC3)c1. The number of aromatic nitrogens is 4. The number of pyridine rings is 2. The molecule has 0 atom stereocenters. The van der Waals surface area contributed by atoms with Crippen LogP contribution in [0.25, 0.3) is 11.5 Å². The van der Waals surface area contributed by atoms with Crippen LogP contribution >= 0.6 is 0 Å². The van der Waals surface area contributed by atoms with Gasteiger partial charge in [-0.05, 0) is 43.9 Å². The number of ether oxygens (including phenoxy) is 1. The zero-order valence-corrected chi connectivity index (χ0v) is 17.6. The summed E-state index contributed by atoms with van der Waals surface area (Å²) in [5.74, 6) is 2.20. The van der Waals surface area contributed by atoms with E-state index < -0.39 is 0 Å². The predicted octanol–water partition coefficient (Wildman–Crippen LogP) is 2.99. The molecule has 0 radical (unpaired) electrons. The highest BCUT2D eigenvalue weighted by Gasteiger charge is 2.23. The normalized spacial score (nSPS) is 12.5. The molecule has 3 heterocycles. The maximum atomic E-state index is 12.7. The van der Waals surface area contributed by atoms with Gasteiger partial charge in [0, 0.05) is 48.9 Å². The Kier molecular flexibility index (Phi) is 5.70. The average Bonchev–Trinajstić information content (AvgIpc) is 3.23. The van der Waals surface area contributed by atoms with E-state index in [2.05, 4.69) is 9.97 Å². The van der Waals surface area contributed by atoms with Crippen molar-refractivity contribution in [2.24, 2.45) is 0 Å². The number of carbonyl (C=O) groups excluding carboxylic acids is 1. The lowest BCUT2D eigenvalue weighted by Gasteiger charge is -2.21. The molecule has 7 heteroatoms. The lowest BCUT2D eigenvalue weighted by molar-refractivity contribution is -0.117. The van der Waals surface area contributed by atoms with Gasteiger partial charge in [-0.2, -0.15) is 0 Å². The molecule has 0 N–H and O–H groups in total. The first-order valence-electron chi connectivity index (χ1n) is 10.1. The third kappa shape index (κ3) is 4.30. The number of likely N-dealkylation sites (N-methyl/N-ethyl adjacent to an activating group) is 1. The second kappa shape index (κ2) is 8.57. The Morgan fingerprint density at radius 2 is 2.03 bits per heavy atom. The summed E-state index contributed by atoms with van der Waals surface area (Å²) in [5, 5.41) is 0. The lowest BCUT2D eigenvalue weighted by Crippen LogP contribution is -2.28. The van der Waals surface area contributed by atoms with Gasteiger partial charge in [0.15, 0.2) is 11.6 Å². The van der Waals surface area contributed by atoms with Crippen molar-refractivity contribution in [3.05, 3.63) is 59.2 Å². The van der Waals surface area contributed by atoms with Crippen LogP contribution in [-0.4, -0.2) is 46.4 Å². The van der Waals surface area contributed by atoms with Gasteiger partial charge in [-0.3, -0.25) is 14.8 Å². The van der Waals surface area contributed by atoms with E-state index in [0.717, 1.165) is 47.6 Å². The monoisotopic (exact) mass is 403 g/mol. The van der Waals surface area contributed by atoms with Gasteiger partial charge in [0.2, 0.25) is 0 Å². The first-order valence-corrected chi connectivity index (χ1v) is 10.1. The van der Waals surface area contributed by atoms with Gasteiger partial charge in [-0.25, -0.2) is 9.97 Å². The van der Waals surface area contributed by atoms with Crippen LogP contribution in [0.2, 0.25) is 0 Å². The number of methoxy groups -OCH3 is 1. The van der Waals surface area contributed by atoms with Crippen molar-refractivity contribution < 1.29 is 9.53 Å². The number of Topliss-reactive ketones (excluding diaryl/α,β-unsaturated/α-hetero) is 1. The van der Waals surface area contributed by atoms with Crippen molar-refractivity contribution in [3.63, 3.8) is 0 Å². The molecule has 0 aliphatic heterocycles. The first-order chi connectivity index (χ1) is 14.5. The second-order valence-corrected chi connectivity index (χ2v) is 7.61. The lowest BCUT2D eigenvalue weighted by atomic mass is 10.1. The van der Waals surface area contributed by atoms with Crippen molar-refractivity contribution >= 4 is 11.6 Å². The van der Waals surface area contributed by atoms with Gasteiger partial charge < -0.3 is 9.64 Å². The Morgan fingerprint density at radius 3 is 2.80 bits per heavy atom. The highest BCUT2D eigenvalue weighted by atomic mass is 16.5. The molecule has 0 saturated heterocycles. The number of carbonyl (C=O) groups is 1. The van der Waals surface area contributed by atoms with E-state index in [1.165, 1.54) is 0 Å². The Labute approximate surface area is 176 Å². The summed E-state index contributed by atoms with van der Waals surface area (Å²) >= 11 is 0. The fourth-order valence-corrected chi connectivity index (χ4v) is 3.73. The van der Waals surface area contributed by atoms with Gasteiger partial charge in [0.1, 0.15) is 17.3 Å².